The number of hydrogen-bond donors (Lipinski definition) is 1. The average Bonchev–Trinajstić information content (AvgIpc) is 3.13. The lowest BCUT2D eigenvalue weighted by molar-refractivity contribution is 0.0118. The number of halogens is 1. The highest BCUT2D eigenvalue weighted by molar-refractivity contribution is 6.30. The van der Waals surface area contributed by atoms with Crippen LogP contribution in [0.15, 0.2) is 24.3 Å². The average molecular weight is 380 g/mol. The Kier molecular flexibility index (Phi) is 7.17. The third kappa shape index (κ3) is 5.60. The molecule has 1 aromatic rings. The molecule has 6 heteroatoms. The fourth-order valence-corrected chi connectivity index (χ4v) is 3.96. The lowest BCUT2D eigenvalue weighted by atomic mass is 9.99. The number of urea groups is 1. The fourth-order valence-electron chi connectivity index (χ4n) is 3.76. The number of ether oxygens (including phenoxy) is 1. The van der Waals surface area contributed by atoms with E-state index >= 15 is 0 Å². The normalized spacial score (nSPS) is 21.9. The van der Waals surface area contributed by atoms with Gasteiger partial charge in [0.25, 0.3) is 0 Å². The lowest BCUT2D eigenvalue weighted by Crippen LogP contribution is -2.39. The first kappa shape index (κ1) is 19.5. The second-order valence-corrected chi connectivity index (χ2v) is 7.88. The van der Waals surface area contributed by atoms with Crippen LogP contribution in [-0.2, 0) is 4.74 Å². The molecule has 144 valence electrons. The summed E-state index contributed by atoms with van der Waals surface area (Å²) in [4.78, 5) is 16.6. The van der Waals surface area contributed by atoms with Crippen molar-refractivity contribution >= 4 is 17.6 Å². The minimum atomic E-state index is 0.0359. The number of hydrogen-bond acceptors (Lipinski definition) is 3. The maximum atomic E-state index is 12.3. The first-order valence-corrected chi connectivity index (χ1v) is 10.1. The van der Waals surface area contributed by atoms with E-state index in [-0.39, 0.29) is 6.03 Å². The van der Waals surface area contributed by atoms with Crippen molar-refractivity contribution in [3.8, 4) is 0 Å². The summed E-state index contributed by atoms with van der Waals surface area (Å²) in [6, 6.07) is 8.00. The summed E-state index contributed by atoms with van der Waals surface area (Å²) in [6.07, 6.45) is 4.47. The Balaban J connectivity index is 1.30. The van der Waals surface area contributed by atoms with Crippen LogP contribution in [0.5, 0.6) is 0 Å². The topological polar surface area (TPSA) is 44.8 Å². The van der Waals surface area contributed by atoms with E-state index in [0.717, 1.165) is 63.5 Å². The first-order chi connectivity index (χ1) is 12.6. The monoisotopic (exact) mass is 379 g/mol. The molecule has 0 spiro atoms. The highest BCUT2D eigenvalue weighted by atomic mass is 35.5. The van der Waals surface area contributed by atoms with Gasteiger partial charge in [-0.25, -0.2) is 4.79 Å². The van der Waals surface area contributed by atoms with Crippen molar-refractivity contribution in [2.75, 3.05) is 46.4 Å². The van der Waals surface area contributed by atoms with E-state index in [9.17, 15) is 4.79 Å². The van der Waals surface area contributed by atoms with Gasteiger partial charge in [-0.3, -0.25) is 0 Å². The molecule has 0 aliphatic carbocycles. The molecule has 2 saturated heterocycles. The Labute approximate surface area is 161 Å². The van der Waals surface area contributed by atoms with Crippen LogP contribution in [0.2, 0.25) is 5.02 Å². The number of carbonyl (C=O) groups is 1. The molecular weight excluding hydrogens is 350 g/mol. The molecule has 5 nitrogen and oxygen atoms in total. The smallest absolute Gasteiger partial charge is 0.317 e. The largest absolute Gasteiger partial charge is 0.378 e. The summed E-state index contributed by atoms with van der Waals surface area (Å²) in [6.45, 7) is 5.19. The quantitative estimate of drug-likeness (QED) is 0.771. The number of likely N-dealkylation sites (tertiary alicyclic amines) is 2. The zero-order valence-corrected chi connectivity index (χ0v) is 16.4. The Morgan fingerprint density at radius 1 is 1.27 bits per heavy atom. The Morgan fingerprint density at radius 3 is 2.85 bits per heavy atom. The third-order valence-electron chi connectivity index (χ3n) is 5.41. The van der Waals surface area contributed by atoms with Crippen molar-refractivity contribution in [3.05, 3.63) is 34.9 Å². The molecule has 3 rings (SSSR count). The molecule has 2 aliphatic rings. The van der Waals surface area contributed by atoms with E-state index < -0.39 is 0 Å². The van der Waals surface area contributed by atoms with Crippen molar-refractivity contribution < 1.29 is 9.53 Å². The SMILES string of the molecule is CN1CCC(OCCCNC(=O)N2CC[C@H](c3cccc(Cl)c3)C2)CC1. The van der Waals surface area contributed by atoms with Gasteiger partial charge in [-0.1, -0.05) is 23.7 Å². The van der Waals surface area contributed by atoms with Crippen LogP contribution in [0.4, 0.5) is 4.79 Å². The van der Waals surface area contributed by atoms with Gasteiger partial charge in [-0.2, -0.15) is 0 Å². The Hall–Kier alpha value is -1.30. The van der Waals surface area contributed by atoms with Gasteiger partial charge in [0.1, 0.15) is 0 Å². The van der Waals surface area contributed by atoms with Gasteiger partial charge in [0.15, 0.2) is 0 Å². The van der Waals surface area contributed by atoms with Gasteiger partial charge in [0, 0.05) is 50.3 Å². The third-order valence-corrected chi connectivity index (χ3v) is 5.65. The number of rotatable bonds is 6. The fraction of sp³-hybridized carbons (Fsp3) is 0.650. The van der Waals surface area contributed by atoms with Gasteiger partial charge in [-0.05, 0) is 50.4 Å². The number of nitrogens with zero attached hydrogens (tertiary/aromatic N) is 2. The van der Waals surface area contributed by atoms with Crippen molar-refractivity contribution in [2.24, 2.45) is 0 Å². The molecule has 0 radical (unpaired) electrons. The molecule has 0 unspecified atom stereocenters. The van der Waals surface area contributed by atoms with Gasteiger partial charge in [0.05, 0.1) is 6.10 Å². The second-order valence-electron chi connectivity index (χ2n) is 7.45. The van der Waals surface area contributed by atoms with Crippen LogP contribution < -0.4 is 5.32 Å². The van der Waals surface area contributed by atoms with Gasteiger partial charge < -0.3 is 19.9 Å². The summed E-state index contributed by atoms with van der Waals surface area (Å²) in [5, 5.41) is 3.78. The molecule has 0 saturated carbocycles. The van der Waals surface area contributed by atoms with E-state index in [2.05, 4.69) is 23.3 Å². The first-order valence-electron chi connectivity index (χ1n) is 9.70. The number of piperidine rings is 1. The van der Waals surface area contributed by atoms with Gasteiger partial charge in [-0.15, -0.1) is 0 Å². The van der Waals surface area contributed by atoms with Crippen LogP contribution in [0, 0.1) is 0 Å². The van der Waals surface area contributed by atoms with E-state index in [1.165, 1.54) is 5.56 Å². The summed E-state index contributed by atoms with van der Waals surface area (Å²) in [5.74, 6) is 0.382. The van der Waals surface area contributed by atoms with Crippen LogP contribution in [0.3, 0.4) is 0 Å². The number of amides is 2. The van der Waals surface area contributed by atoms with Crippen molar-refractivity contribution in [3.63, 3.8) is 0 Å². The minimum absolute atomic E-state index is 0.0359. The predicted molar refractivity (Wildman–Crippen MR) is 105 cm³/mol. The van der Waals surface area contributed by atoms with E-state index in [1.54, 1.807) is 0 Å². The summed E-state index contributed by atoms with van der Waals surface area (Å²) in [5.41, 5.74) is 1.22. The maximum Gasteiger partial charge on any atom is 0.317 e. The molecular formula is C20H30ClN3O2. The van der Waals surface area contributed by atoms with E-state index in [0.29, 0.717) is 18.6 Å². The number of nitrogens with one attached hydrogen (secondary N) is 1. The van der Waals surface area contributed by atoms with Crippen LogP contribution >= 0.6 is 11.6 Å². The molecule has 2 heterocycles. The zero-order chi connectivity index (χ0) is 18.4. The van der Waals surface area contributed by atoms with Gasteiger partial charge >= 0.3 is 6.03 Å². The molecule has 1 atom stereocenters. The zero-order valence-electron chi connectivity index (χ0n) is 15.6. The second kappa shape index (κ2) is 9.58. The van der Waals surface area contributed by atoms with Crippen LogP contribution in [0.1, 0.15) is 37.2 Å². The molecule has 2 aliphatic heterocycles. The highest BCUT2D eigenvalue weighted by Crippen LogP contribution is 2.28. The van der Waals surface area contributed by atoms with Crippen molar-refractivity contribution in [1.82, 2.24) is 15.1 Å². The van der Waals surface area contributed by atoms with Crippen LogP contribution in [-0.4, -0.2) is 68.3 Å². The molecule has 0 bridgehead atoms. The van der Waals surface area contributed by atoms with Crippen molar-refractivity contribution in [2.45, 2.75) is 37.7 Å². The Morgan fingerprint density at radius 2 is 2.08 bits per heavy atom. The predicted octanol–water partition coefficient (Wildman–Crippen LogP) is 3.34. The molecule has 1 N–H and O–H groups in total. The number of carbonyl (C=O) groups excluding carboxylic acids is 1. The lowest BCUT2D eigenvalue weighted by Gasteiger charge is -2.28. The summed E-state index contributed by atoms with van der Waals surface area (Å²) in [7, 11) is 2.15. The Bertz CT molecular complexity index is 590. The molecule has 2 amide bonds. The standard InChI is InChI=1S/C20H30ClN3O2/c1-23-10-7-19(8-11-23)26-13-3-9-22-20(25)24-12-6-17(15-24)16-4-2-5-18(21)14-16/h2,4-5,14,17,19H,3,6-13,15H2,1H3,(H,22,25)/t17-/m0/s1. The minimum Gasteiger partial charge on any atom is -0.378 e. The molecule has 2 fully saturated rings. The summed E-state index contributed by atoms with van der Waals surface area (Å²) < 4.78 is 5.92. The molecule has 26 heavy (non-hydrogen) atoms. The molecule has 1 aromatic carbocycles. The number of benzene rings is 1. The molecule has 0 aromatic heterocycles. The maximum absolute atomic E-state index is 12.3. The highest BCUT2D eigenvalue weighted by Gasteiger charge is 2.27. The van der Waals surface area contributed by atoms with E-state index in [4.69, 9.17) is 16.3 Å². The van der Waals surface area contributed by atoms with E-state index in [1.807, 2.05) is 23.1 Å². The summed E-state index contributed by atoms with van der Waals surface area (Å²) >= 11 is 6.08. The van der Waals surface area contributed by atoms with Crippen molar-refractivity contribution in [1.29, 1.82) is 0 Å². The van der Waals surface area contributed by atoms with Crippen LogP contribution in [0.25, 0.3) is 0 Å². The van der Waals surface area contributed by atoms with Gasteiger partial charge in [0.2, 0.25) is 0 Å².